The summed E-state index contributed by atoms with van der Waals surface area (Å²) in [6.45, 7) is 3.74. The molecule has 0 saturated heterocycles. The summed E-state index contributed by atoms with van der Waals surface area (Å²) in [5, 5.41) is 0.348. The topological polar surface area (TPSA) is 82.5 Å². The van der Waals surface area contributed by atoms with Crippen LogP contribution >= 0.6 is 0 Å². The lowest BCUT2D eigenvalue weighted by Gasteiger charge is -2.10. The first-order valence-corrected chi connectivity index (χ1v) is 8.29. The molecule has 134 valence electrons. The molecule has 0 atom stereocenters. The van der Waals surface area contributed by atoms with E-state index in [0.717, 1.165) is 11.1 Å². The van der Waals surface area contributed by atoms with E-state index in [0.29, 0.717) is 16.7 Å². The van der Waals surface area contributed by atoms with Gasteiger partial charge in [0.15, 0.2) is 5.76 Å². The summed E-state index contributed by atoms with van der Waals surface area (Å²) in [6, 6.07) is 9.94. The number of ether oxygens (including phenoxy) is 1. The number of hydrogen-bond donors (Lipinski definition) is 0. The maximum absolute atomic E-state index is 13.1. The lowest BCUT2D eigenvalue weighted by molar-refractivity contribution is 0.0731. The van der Waals surface area contributed by atoms with Crippen LogP contribution in [0.25, 0.3) is 22.5 Å². The monoisotopic (exact) mass is 361 g/mol. The Balaban J connectivity index is 1.95. The number of fused-ring (bicyclic) bond motifs is 1. The predicted molar refractivity (Wildman–Crippen MR) is 98.9 cm³/mol. The molecule has 3 aromatic heterocycles. The minimum Gasteiger partial charge on any atom is -0.461 e. The van der Waals surface area contributed by atoms with Gasteiger partial charge in [0.25, 0.3) is 0 Å². The molecular formula is C21H15NO5. The highest BCUT2D eigenvalue weighted by molar-refractivity contribution is 5.93. The molecule has 0 fully saturated rings. The van der Waals surface area contributed by atoms with Crippen LogP contribution in [-0.4, -0.2) is 11.0 Å². The van der Waals surface area contributed by atoms with Crippen LogP contribution in [0.15, 0.2) is 68.7 Å². The molecule has 0 aliphatic carbocycles. The molecular weight excluding hydrogens is 346 g/mol. The molecule has 0 unspecified atom stereocenters. The van der Waals surface area contributed by atoms with Crippen molar-refractivity contribution in [2.24, 2.45) is 0 Å². The van der Waals surface area contributed by atoms with Crippen LogP contribution in [0.5, 0.6) is 5.75 Å². The zero-order chi connectivity index (χ0) is 19.0. The van der Waals surface area contributed by atoms with Crippen LogP contribution in [-0.2, 0) is 0 Å². The Labute approximate surface area is 154 Å². The molecule has 0 bridgehead atoms. The van der Waals surface area contributed by atoms with Crippen molar-refractivity contribution in [3.63, 3.8) is 0 Å². The molecule has 0 radical (unpaired) electrons. The lowest BCUT2D eigenvalue weighted by atomic mass is 10.1. The van der Waals surface area contributed by atoms with E-state index in [9.17, 15) is 9.59 Å². The van der Waals surface area contributed by atoms with Gasteiger partial charge in [-0.05, 0) is 55.3 Å². The van der Waals surface area contributed by atoms with Crippen LogP contribution < -0.4 is 10.2 Å². The van der Waals surface area contributed by atoms with Crippen molar-refractivity contribution in [3.05, 3.63) is 82.0 Å². The Hall–Kier alpha value is -3.67. The van der Waals surface area contributed by atoms with Crippen molar-refractivity contribution in [2.45, 2.75) is 13.8 Å². The third-order valence-corrected chi connectivity index (χ3v) is 4.14. The standard InChI is InChI=1S/C21H15NO5/c1-12-10-13(2)18-15(11-12)17(23)20(19(26-18)16-4-3-9-25-16)27-21(24)14-5-7-22-8-6-14/h3-11H,1-2H3. The largest absolute Gasteiger partial charge is 0.461 e. The number of furan rings is 1. The average molecular weight is 361 g/mol. The molecule has 1 aromatic carbocycles. The van der Waals surface area contributed by atoms with Gasteiger partial charge in [0.05, 0.1) is 17.2 Å². The van der Waals surface area contributed by atoms with Gasteiger partial charge in [0.2, 0.25) is 16.9 Å². The quantitative estimate of drug-likeness (QED) is 0.506. The Kier molecular flexibility index (Phi) is 4.08. The summed E-state index contributed by atoms with van der Waals surface area (Å²) in [6.07, 6.45) is 4.40. The lowest BCUT2D eigenvalue weighted by Crippen LogP contribution is -2.16. The number of benzene rings is 1. The van der Waals surface area contributed by atoms with E-state index in [1.54, 1.807) is 18.2 Å². The van der Waals surface area contributed by atoms with E-state index >= 15 is 0 Å². The molecule has 0 spiro atoms. The summed E-state index contributed by atoms with van der Waals surface area (Å²) in [5.41, 5.74) is 1.99. The molecule has 0 saturated carbocycles. The number of carbonyl (C=O) groups excluding carboxylic acids is 1. The van der Waals surface area contributed by atoms with Gasteiger partial charge in [-0.2, -0.15) is 0 Å². The van der Waals surface area contributed by atoms with Crippen LogP contribution in [0.2, 0.25) is 0 Å². The van der Waals surface area contributed by atoms with Crippen molar-refractivity contribution in [2.75, 3.05) is 0 Å². The zero-order valence-electron chi connectivity index (χ0n) is 14.7. The maximum Gasteiger partial charge on any atom is 0.343 e. The van der Waals surface area contributed by atoms with Gasteiger partial charge in [0.1, 0.15) is 5.58 Å². The van der Waals surface area contributed by atoms with Crippen LogP contribution in [0.1, 0.15) is 21.5 Å². The van der Waals surface area contributed by atoms with Crippen molar-refractivity contribution < 1.29 is 18.4 Å². The van der Waals surface area contributed by atoms with E-state index < -0.39 is 11.4 Å². The van der Waals surface area contributed by atoms with Gasteiger partial charge < -0.3 is 13.6 Å². The van der Waals surface area contributed by atoms with Crippen molar-refractivity contribution >= 4 is 16.9 Å². The molecule has 0 N–H and O–H groups in total. The number of nitrogens with zero attached hydrogens (tertiary/aromatic N) is 1. The molecule has 3 heterocycles. The summed E-state index contributed by atoms with van der Waals surface area (Å²) >= 11 is 0. The summed E-state index contributed by atoms with van der Waals surface area (Å²) in [7, 11) is 0. The highest BCUT2D eigenvalue weighted by atomic mass is 16.5. The minimum atomic E-state index is -0.679. The Morgan fingerprint density at radius 2 is 1.89 bits per heavy atom. The second-order valence-corrected chi connectivity index (χ2v) is 6.15. The number of esters is 1. The van der Waals surface area contributed by atoms with Gasteiger partial charge in [-0.25, -0.2) is 4.79 Å². The third-order valence-electron chi connectivity index (χ3n) is 4.14. The molecule has 27 heavy (non-hydrogen) atoms. The van der Waals surface area contributed by atoms with Crippen molar-refractivity contribution in [1.82, 2.24) is 4.98 Å². The van der Waals surface area contributed by atoms with Crippen LogP contribution in [0.3, 0.4) is 0 Å². The third kappa shape index (κ3) is 3.01. The van der Waals surface area contributed by atoms with Gasteiger partial charge >= 0.3 is 5.97 Å². The summed E-state index contributed by atoms with van der Waals surface area (Å²) in [5.74, 6) is -0.510. The SMILES string of the molecule is Cc1cc(C)c2oc(-c3ccco3)c(OC(=O)c3ccncc3)c(=O)c2c1. The second-order valence-electron chi connectivity index (χ2n) is 6.15. The molecule has 4 aromatic rings. The highest BCUT2D eigenvalue weighted by Gasteiger charge is 2.23. The van der Waals surface area contributed by atoms with Gasteiger partial charge in [-0.1, -0.05) is 6.07 Å². The van der Waals surface area contributed by atoms with E-state index in [1.165, 1.54) is 30.8 Å². The molecule has 0 aliphatic heterocycles. The van der Waals surface area contributed by atoms with E-state index in [1.807, 2.05) is 19.9 Å². The van der Waals surface area contributed by atoms with Gasteiger partial charge in [-0.15, -0.1) is 0 Å². The fraction of sp³-hybridized carbons (Fsp3) is 0.0952. The predicted octanol–water partition coefficient (Wildman–Crippen LogP) is 4.28. The first-order valence-electron chi connectivity index (χ1n) is 8.29. The van der Waals surface area contributed by atoms with Crippen molar-refractivity contribution in [3.8, 4) is 17.3 Å². The second kappa shape index (κ2) is 6.57. The van der Waals surface area contributed by atoms with E-state index in [-0.39, 0.29) is 17.1 Å². The molecule has 0 amide bonds. The molecule has 4 rings (SSSR count). The zero-order valence-corrected chi connectivity index (χ0v) is 14.7. The molecule has 0 aliphatic rings. The summed E-state index contributed by atoms with van der Waals surface area (Å²) < 4.78 is 16.8. The van der Waals surface area contributed by atoms with Crippen LogP contribution in [0, 0.1) is 13.8 Å². The number of aromatic nitrogens is 1. The van der Waals surface area contributed by atoms with Gasteiger partial charge in [0, 0.05) is 12.4 Å². The fourth-order valence-electron chi connectivity index (χ4n) is 2.93. The normalized spacial score (nSPS) is 10.9. The number of hydrogen-bond acceptors (Lipinski definition) is 6. The Bertz CT molecular complexity index is 1190. The minimum absolute atomic E-state index is 0.0758. The van der Waals surface area contributed by atoms with Crippen molar-refractivity contribution in [1.29, 1.82) is 0 Å². The molecule has 6 heteroatoms. The first kappa shape index (κ1) is 16.8. The summed E-state index contributed by atoms with van der Waals surface area (Å²) in [4.78, 5) is 29.5. The number of pyridine rings is 1. The Morgan fingerprint density at radius 1 is 1.11 bits per heavy atom. The fourth-order valence-corrected chi connectivity index (χ4v) is 2.93. The maximum atomic E-state index is 13.1. The average Bonchev–Trinajstić information content (AvgIpc) is 3.19. The number of aryl methyl sites for hydroxylation is 2. The van der Waals surface area contributed by atoms with Crippen LogP contribution in [0.4, 0.5) is 0 Å². The van der Waals surface area contributed by atoms with Gasteiger partial charge in [-0.3, -0.25) is 9.78 Å². The van der Waals surface area contributed by atoms with E-state index in [2.05, 4.69) is 4.98 Å². The Morgan fingerprint density at radius 3 is 2.59 bits per heavy atom. The highest BCUT2D eigenvalue weighted by Crippen LogP contribution is 2.33. The number of rotatable bonds is 3. The molecule has 6 nitrogen and oxygen atoms in total. The number of carbonyl (C=O) groups is 1. The smallest absolute Gasteiger partial charge is 0.343 e. The van der Waals surface area contributed by atoms with E-state index in [4.69, 9.17) is 13.6 Å². The first-order chi connectivity index (χ1) is 13.0.